The SMILES string of the molecule is COC(=O)CC1Nc2ccc(C(=O)O/N=C(\N)c3nc4ccc([N+](=O)[O-])cc4[nH]3)cc2CN(C)C1=O. The molecule has 0 saturated carbocycles. The highest BCUT2D eigenvalue weighted by Crippen LogP contribution is 2.25. The highest BCUT2D eigenvalue weighted by molar-refractivity contribution is 5.98. The molecule has 0 fully saturated rings. The van der Waals surface area contributed by atoms with Crippen LogP contribution in [-0.4, -0.2) is 63.7 Å². The standard InChI is InChI=1S/C22H21N7O7/c1-28-10-12-7-11(3-5-14(12)24-17(21(28)31)9-18(30)35-2)22(32)36-27-19(23)20-25-15-6-4-13(29(33)34)8-16(15)26-20/h3-8,17,24H,9-10H2,1-2H3,(H2,23,27)(H,25,26). The van der Waals surface area contributed by atoms with Crippen LogP contribution in [0.4, 0.5) is 11.4 Å². The van der Waals surface area contributed by atoms with Gasteiger partial charge in [-0.05, 0) is 29.8 Å². The number of aromatic nitrogens is 2. The molecular formula is C22H21N7O7. The van der Waals surface area contributed by atoms with Crippen molar-refractivity contribution in [2.24, 2.45) is 10.9 Å². The van der Waals surface area contributed by atoms with Crippen molar-refractivity contribution in [1.29, 1.82) is 0 Å². The molecule has 0 saturated heterocycles. The van der Waals surface area contributed by atoms with E-state index in [0.29, 0.717) is 22.3 Å². The summed E-state index contributed by atoms with van der Waals surface area (Å²) in [4.78, 5) is 60.6. The third-order valence-electron chi connectivity index (χ3n) is 5.50. The maximum atomic E-state index is 12.6. The van der Waals surface area contributed by atoms with Gasteiger partial charge in [-0.2, -0.15) is 0 Å². The summed E-state index contributed by atoms with van der Waals surface area (Å²) in [6.45, 7) is 0.191. The van der Waals surface area contributed by atoms with E-state index in [0.717, 1.165) is 0 Å². The Bertz CT molecular complexity index is 1410. The van der Waals surface area contributed by atoms with Crippen molar-refractivity contribution in [3.8, 4) is 0 Å². The number of ether oxygens (including phenoxy) is 1. The van der Waals surface area contributed by atoms with Gasteiger partial charge in [-0.1, -0.05) is 5.16 Å². The van der Waals surface area contributed by atoms with Gasteiger partial charge >= 0.3 is 11.9 Å². The number of esters is 1. The normalized spacial score (nSPS) is 15.6. The monoisotopic (exact) mass is 495 g/mol. The number of nitrogens with one attached hydrogen (secondary N) is 2. The first-order valence-corrected chi connectivity index (χ1v) is 10.6. The smallest absolute Gasteiger partial charge is 0.365 e. The number of non-ortho nitro benzene ring substituents is 1. The number of rotatable bonds is 6. The zero-order valence-electron chi connectivity index (χ0n) is 19.2. The zero-order valence-corrected chi connectivity index (χ0v) is 19.2. The van der Waals surface area contributed by atoms with Crippen LogP contribution in [-0.2, 0) is 25.7 Å². The molecule has 1 aliphatic heterocycles. The predicted molar refractivity (Wildman–Crippen MR) is 126 cm³/mol. The van der Waals surface area contributed by atoms with Crippen LogP contribution in [0, 0.1) is 10.1 Å². The number of amidine groups is 1. The molecule has 4 rings (SSSR count). The Morgan fingerprint density at radius 2 is 2.08 bits per heavy atom. The number of amides is 1. The number of fused-ring (bicyclic) bond motifs is 2. The van der Waals surface area contributed by atoms with E-state index in [1.807, 2.05) is 0 Å². The number of likely N-dealkylation sites (N-methyl/N-ethyl adjacent to an activating group) is 1. The number of benzene rings is 2. The molecule has 1 atom stereocenters. The number of aromatic amines is 1. The molecule has 4 N–H and O–H groups in total. The van der Waals surface area contributed by atoms with Crippen molar-refractivity contribution >= 4 is 46.1 Å². The van der Waals surface area contributed by atoms with E-state index in [1.165, 1.54) is 36.3 Å². The molecule has 1 aromatic heterocycles. The first-order valence-electron chi connectivity index (χ1n) is 10.6. The fraction of sp³-hybridized carbons (Fsp3) is 0.227. The number of oxime groups is 1. The number of hydrogen-bond donors (Lipinski definition) is 3. The number of H-pyrrole nitrogens is 1. The van der Waals surface area contributed by atoms with Gasteiger partial charge in [0.25, 0.3) is 5.69 Å². The molecular weight excluding hydrogens is 474 g/mol. The second kappa shape index (κ2) is 9.69. The van der Waals surface area contributed by atoms with E-state index >= 15 is 0 Å². The van der Waals surface area contributed by atoms with E-state index in [2.05, 4.69) is 25.2 Å². The molecule has 0 bridgehead atoms. The van der Waals surface area contributed by atoms with Gasteiger partial charge in [0.05, 0.1) is 35.1 Å². The predicted octanol–water partition coefficient (Wildman–Crippen LogP) is 1.26. The van der Waals surface area contributed by atoms with Crippen molar-refractivity contribution in [3.05, 3.63) is 63.5 Å². The molecule has 0 spiro atoms. The summed E-state index contributed by atoms with van der Waals surface area (Å²) in [5, 5.41) is 17.6. The largest absolute Gasteiger partial charge is 0.469 e. The lowest BCUT2D eigenvalue weighted by Gasteiger charge is -2.19. The number of carbonyl (C=O) groups is 3. The number of nitro groups is 1. The topological polar surface area (TPSA) is 195 Å². The van der Waals surface area contributed by atoms with Crippen molar-refractivity contribution in [3.63, 3.8) is 0 Å². The first-order chi connectivity index (χ1) is 17.2. The molecule has 36 heavy (non-hydrogen) atoms. The van der Waals surface area contributed by atoms with E-state index in [4.69, 9.17) is 10.6 Å². The lowest BCUT2D eigenvalue weighted by atomic mass is 10.1. The van der Waals surface area contributed by atoms with E-state index < -0.39 is 22.9 Å². The van der Waals surface area contributed by atoms with Crippen LogP contribution in [0.5, 0.6) is 0 Å². The molecule has 186 valence electrons. The van der Waals surface area contributed by atoms with Gasteiger partial charge in [0.2, 0.25) is 11.7 Å². The van der Waals surface area contributed by atoms with Gasteiger partial charge < -0.3 is 30.5 Å². The van der Waals surface area contributed by atoms with Crippen LogP contribution in [0.3, 0.4) is 0 Å². The fourth-order valence-corrected chi connectivity index (χ4v) is 3.65. The van der Waals surface area contributed by atoms with Crippen LogP contribution < -0.4 is 11.1 Å². The van der Waals surface area contributed by atoms with Crippen molar-refractivity contribution in [2.75, 3.05) is 19.5 Å². The Balaban J connectivity index is 1.50. The molecule has 2 heterocycles. The Morgan fingerprint density at radius 3 is 2.81 bits per heavy atom. The van der Waals surface area contributed by atoms with Gasteiger partial charge in [-0.25, -0.2) is 9.78 Å². The average molecular weight is 495 g/mol. The molecule has 3 aromatic rings. The van der Waals surface area contributed by atoms with E-state index in [-0.39, 0.29) is 41.8 Å². The lowest BCUT2D eigenvalue weighted by molar-refractivity contribution is -0.384. The van der Waals surface area contributed by atoms with Gasteiger partial charge in [0.15, 0.2) is 5.82 Å². The molecule has 1 aliphatic rings. The van der Waals surface area contributed by atoms with Crippen molar-refractivity contribution in [2.45, 2.75) is 19.0 Å². The summed E-state index contributed by atoms with van der Waals surface area (Å²) < 4.78 is 4.66. The summed E-state index contributed by atoms with van der Waals surface area (Å²) in [6, 6.07) is 7.86. The Labute approximate surface area is 203 Å². The maximum Gasteiger partial charge on any atom is 0.365 e. The third kappa shape index (κ3) is 4.91. The molecule has 14 nitrogen and oxygen atoms in total. The van der Waals surface area contributed by atoms with Crippen LogP contribution in [0.1, 0.15) is 28.2 Å². The number of nitro benzene ring substituents is 1. The molecule has 1 amide bonds. The average Bonchev–Trinajstić information content (AvgIpc) is 3.25. The Morgan fingerprint density at radius 1 is 1.31 bits per heavy atom. The number of nitrogens with zero attached hydrogens (tertiary/aromatic N) is 4. The first kappa shape index (κ1) is 24.1. The Kier molecular flexibility index (Phi) is 6.50. The minimum atomic E-state index is -0.809. The summed E-state index contributed by atoms with van der Waals surface area (Å²) >= 11 is 0. The number of methoxy groups -OCH3 is 1. The van der Waals surface area contributed by atoms with Crippen LogP contribution in [0.25, 0.3) is 11.0 Å². The number of anilines is 1. The van der Waals surface area contributed by atoms with Crippen molar-refractivity contribution in [1.82, 2.24) is 14.9 Å². The second-order valence-corrected chi connectivity index (χ2v) is 7.94. The van der Waals surface area contributed by atoms with E-state index in [1.54, 1.807) is 19.2 Å². The molecule has 0 aliphatic carbocycles. The quantitative estimate of drug-likeness (QED) is 0.112. The second-order valence-electron chi connectivity index (χ2n) is 7.94. The van der Waals surface area contributed by atoms with Gasteiger partial charge in [-0.15, -0.1) is 0 Å². The molecule has 0 radical (unpaired) electrons. The minimum Gasteiger partial charge on any atom is -0.469 e. The lowest BCUT2D eigenvalue weighted by Crippen LogP contribution is -2.39. The summed E-state index contributed by atoms with van der Waals surface area (Å²) in [5.74, 6) is -1.81. The number of nitrogens with two attached hydrogens (primary N) is 1. The molecule has 14 heteroatoms. The highest BCUT2D eigenvalue weighted by atomic mass is 16.7. The van der Waals surface area contributed by atoms with Gasteiger partial charge in [0, 0.05) is 31.4 Å². The summed E-state index contributed by atoms with van der Waals surface area (Å²) in [5.41, 5.74) is 7.89. The highest BCUT2D eigenvalue weighted by Gasteiger charge is 2.29. The van der Waals surface area contributed by atoms with Gasteiger partial charge in [-0.3, -0.25) is 19.7 Å². The summed E-state index contributed by atoms with van der Waals surface area (Å²) in [6.07, 6.45) is -0.147. The number of imidazole rings is 1. The summed E-state index contributed by atoms with van der Waals surface area (Å²) in [7, 11) is 2.83. The number of hydrogen-bond acceptors (Lipinski definition) is 10. The maximum absolute atomic E-state index is 12.6. The third-order valence-corrected chi connectivity index (χ3v) is 5.50. The van der Waals surface area contributed by atoms with E-state index in [9.17, 15) is 24.5 Å². The minimum absolute atomic E-state index is 0.0706. The van der Waals surface area contributed by atoms with Crippen LogP contribution >= 0.6 is 0 Å². The molecule has 1 unspecified atom stereocenters. The Hall–Kier alpha value is -5.01. The van der Waals surface area contributed by atoms with Crippen LogP contribution in [0.2, 0.25) is 0 Å². The van der Waals surface area contributed by atoms with Gasteiger partial charge in [0.1, 0.15) is 6.04 Å². The zero-order chi connectivity index (χ0) is 26.0. The fourth-order valence-electron chi connectivity index (χ4n) is 3.65. The van der Waals surface area contributed by atoms with Crippen LogP contribution in [0.15, 0.2) is 41.6 Å². The number of carbonyl (C=O) groups excluding carboxylic acids is 3. The van der Waals surface area contributed by atoms with Crippen molar-refractivity contribution < 1.29 is 28.9 Å². The molecule has 2 aromatic carbocycles.